The molecule has 0 spiro atoms. The van der Waals surface area contributed by atoms with Crippen LogP contribution in [0.4, 0.5) is 22.0 Å². The minimum Gasteiger partial charge on any atom is -0.354 e. The number of hydrogen-bond donors (Lipinski definition) is 3. The summed E-state index contributed by atoms with van der Waals surface area (Å²) in [7, 11) is 0. The van der Waals surface area contributed by atoms with E-state index in [0.717, 1.165) is 52.3 Å². The van der Waals surface area contributed by atoms with Gasteiger partial charge in [0.1, 0.15) is 11.6 Å². The number of aromatic nitrogens is 4. The number of aromatic amines is 1. The van der Waals surface area contributed by atoms with Crippen molar-refractivity contribution >= 4 is 51.1 Å². The Bertz CT molecular complexity index is 1200. The molecule has 4 aromatic rings. The molecular weight excluding hydrogens is 496 g/mol. The van der Waals surface area contributed by atoms with Gasteiger partial charge in [0.25, 0.3) is 0 Å². The molecule has 9 heteroatoms. The minimum atomic E-state index is -0.318. The molecule has 0 amide bonds. The van der Waals surface area contributed by atoms with Crippen LogP contribution < -0.4 is 15.5 Å². The molecule has 1 fully saturated rings. The van der Waals surface area contributed by atoms with E-state index in [-0.39, 0.29) is 5.82 Å². The van der Waals surface area contributed by atoms with Gasteiger partial charge in [-0.15, -0.1) is 0 Å². The molecule has 0 aliphatic carbocycles. The Kier molecular flexibility index (Phi) is 5.21. The summed E-state index contributed by atoms with van der Waals surface area (Å²) in [5.41, 5.74) is 2.62. The van der Waals surface area contributed by atoms with Crippen molar-refractivity contribution in [3.63, 3.8) is 0 Å². The van der Waals surface area contributed by atoms with Crippen molar-refractivity contribution in [1.82, 2.24) is 25.5 Å². The summed E-state index contributed by atoms with van der Waals surface area (Å²) in [6.45, 7) is 3.57. The number of benzene rings is 2. The van der Waals surface area contributed by atoms with Gasteiger partial charge in [-0.05, 0) is 46.9 Å². The van der Waals surface area contributed by atoms with Crippen LogP contribution in [0.3, 0.4) is 0 Å². The predicted octanol–water partition coefficient (Wildman–Crippen LogP) is 3.92. The topological polar surface area (TPSA) is 81.8 Å². The molecule has 7 nitrogen and oxygen atoms in total. The predicted molar refractivity (Wildman–Crippen MR) is 125 cm³/mol. The highest BCUT2D eigenvalue weighted by Crippen LogP contribution is 2.29. The molecule has 2 aromatic carbocycles. The zero-order chi connectivity index (χ0) is 20.5. The lowest BCUT2D eigenvalue weighted by Crippen LogP contribution is -2.44. The number of nitrogens with one attached hydrogen (secondary N) is 3. The normalized spacial score (nSPS) is 14.3. The van der Waals surface area contributed by atoms with E-state index in [1.165, 1.54) is 12.1 Å². The van der Waals surface area contributed by atoms with Gasteiger partial charge >= 0.3 is 0 Å². The lowest BCUT2D eigenvalue weighted by molar-refractivity contribution is 0.585. The molecule has 0 saturated carbocycles. The second kappa shape index (κ2) is 8.15. The van der Waals surface area contributed by atoms with Crippen LogP contribution in [0, 0.1) is 9.39 Å². The first kappa shape index (κ1) is 19.2. The largest absolute Gasteiger partial charge is 0.354 e. The van der Waals surface area contributed by atoms with Gasteiger partial charge in [-0.1, -0.05) is 18.2 Å². The van der Waals surface area contributed by atoms with Crippen LogP contribution >= 0.6 is 22.6 Å². The molecule has 1 aliphatic heterocycles. The molecule has 0 unspecified atom stereocenters. The van der Waals surface area contributed by atoms with E-state index in [1.54, 1.807) is 6.07 Å². The van der Waals surface area contributed by atoms with Gasteiger partial charge in [-0.3, -0.25) is 5.10 Å². The zero-order valence-corrected chi connectivity index (χ0v) is 18.1. The number of anilines is 3. The number of hydrogen-bond acceptors (Lipinski definition) is 6. The summed E-state index contributed by atoms with van der Waals surface area (Å²) < 4.78 is 14.9. The monoisotopic (exact) mass is 515 g/mol. The Morgan fingerprint density at radius 1 is 1.03 bits per heavy atom. The fourth-order valence-electron chi connectivity index (χ4n) is 3.54. The number of nitrogens with zero attached hydrogens (tertiary/aromatic N) is 4. The van der Waals surface area contributed by atoms with Crippen LogP contribution in [0.25, 0.3) is 22.2 Å². The quantitative estimate of drug-likeness (QED) is 0.358. The highest BCUT2D eigenvalue weighted by Gasteiger charge is 2.17. The van der Waals surface area contributed by atoms with Crippen molar-refractivity contribution < 1.29 is 4.39 Å². The molecule has 1 saturated heterocycles. The summed E-state index contributed by atoms with van der Waals surface area (Å²) in [4.78, 5) is 11.7. The van der Waals surface area contributed by atoms with Gasteiger partial charge in [-0.25, -0.2) is 9.37 Å². The van der Waals surface area contributed by atoms with Crippen molar-refractivity contribution in [1.29, 1.82) is 0 Å². The van der Waals surface area contributed by atoms with Gasteiger partial charge in [-0.2, -0.15) is 10.1 Å². The molecule has 3 heterocycles. The number of piperazine rings is 1. The standard InChI is InChI=1S/C21H19FIN7/c22-13-5-6-17-15(11-13)20(29-28-17)27-21-25-18(14-3-1-2-4-16(14)23)12-19(26-21)30-9-7-24-8-10-30/h1-6,11-12,24H,7-10H2,(H2,25,26,27,28,29). The van der Waals surface area contributed by atoms with E-state index in [4.69, 9.17) is 9.97 Å². The van der Waals surface area contributed by atoms with Crippen LogP contribution in [0.2, 0.25) is 0 Å². The molecule has 30 heavy (non-hydrogen) atoms. The van der Waals surface area contributed by atoms with Gasteiger partial charge in [0.2, 0.25) is 5.95 Å². The zero-order valence-electron chi connectivity index (χ0n) is 16.0. The van der Waals surface area contributed by atoms with Crippen LogP contribution in [0.1, 0.15) is 0 Å². The molecule has 152 valence electrons. The van der Waals surface area contributed by atoms with Gasteiger partial charge in [0.05, 0.1) is 11.2 Å². The molecule has 0 atom stereocenters. The lowest BCUT2D eigenvalue weighted by Gasteiger charge is -2.29. The maximum Gasteiger partial charge on any atom is 0.230 e. The first-order chi connectivity index (χ1) is 14.7. The molecule has 3 N–H and O–H groups in total. The summed E-state index contributed by atoms with van der Waals surface area (Å²) in [6, 6.07) is 14.7. The minimum absolute atomic E-state index is 0.318. The van der Waals surface area contributed by atoms with Crippen LogP contribution in [0.15, 0.2) is 48.5 Å². The third-order valence-corrected chi connectivity index (χ3v) is 6.00. The average Bonchev–Trinajstić information content (AvgIpc) is 3.16. The van der Waals surface area contributed by atoms with Crippen LogP contribution in [0.5, 0.6) is 0 Å². The Hall–Kier alpha value is -2.79. The van der Waals surface area contributed by atoms with Crippen LogP contribution in [-0.2, 0) is 0 Å². The fourth-order valence-corrected chi connectivity index (χ4v) is 4.20. The molecule has 0 bridgehead atoms. The molecular formula is C21H19FIN7. The van der Waals surface area contributed by atoms with E-state index < -0.39 is 0 Å². The van der Waals surface area contributed by atoms with Crippen molar-refractivity contribution in [2.45, 2.75) is 0 Å². The fraction of sp³-hybridized carbons (Fsp3) is 0.190. The van der Waals surface area contributed by atoms with E-state index in [2.05, 4.69) is 60.5 Å². The summed E-state index contributed by atoms with van der Waals surface area (Å²) in [6.07, 6.45) is 0. The van der Waals surface area contributed by atoms with E-state index in [9.17, 15) is 4.39 Å². The second-order valence-electron chi connectivity index (χ2n) is 7.04. The van der Waals surface area contributed by atoms with Gasteiger partial charge in [0.15, 0.2) is 5.82 Å². The molecule has 2 aromatic heterocycles. The second-order valence-corrected chi connectivity index (χ2v) is 8.20. The highest BCUT2D eigenvalue weighted by atomic mass is 127. The average molecular weight is 515 g/mol. The first-order valence-electron chi connectivity index (χ1n) is 9.68. The first-order valence-corrected chi connectivity index (χ1v) is 10.8. The Balaban J connectivity index is 1.58. The van der Waals surface area contributed by atoms with Gasteiger partial charge in [0, 0.05) is 46.8 Å². The van der Waals surface area contributed by atoms with Crippen molar-refractivity contribution in [3.05, 3.63) is 57.9 Å². The SMILES string of the molecule is Fc1ccc2[nH]nc(Nc3nc(-c4ccccc4I)cc(N4CCNCC4)n3)c2c1. The summed E-state index contributed by atoms with van der Waals surface area (Å²) in [5.74, 6) is 1.46. The lowest BCUT2D eigenvalue weighted by atomic mass is 10.1. The van der Waals surface area contributed by atoms with Crippen molar-refractivity contribution in [3.8, 4) is 11.3 Å². The number of halogens is 2. The van der Waals surface area contributed by atoms with E-state index in [0.29, 0.717) is 17.2 Å². The van der Waals surface area contributed by atoms with E-state index >= 15 is 0 Å². The maximum absolute atomic E-state index is 13.8. The third kappa shape index (κ3) is 3.82. The number of H-pyrrole nitrogens is 1. The molecule has 1 aliphatic rings. The molecule has 0 radical (unpaired) electrons. The Labute approximate surface area is 186 Å². The van der Waals surface area contributed by atoms with Crippen molar-refractivity contribution in [2.75, 3.05) is 36.4 Å². The summed E-state index contributed by atoms with van der Waals surface area (Å²) in [5, 5.41) is 14.4. The number of fused-ring (bicyclic) bond motifs is 1. The highest BCUT2D eigenvalue weighted by molar-refractivity contribution is 14.1. The van der Waals surface area contributed by atoms with Gasteiger partial charge < -0.3 is 15.5 Å². The van der Waals surface area contributed by atoms with Crippen LogP contribution in [-0.4, -0.2) is 46.3 Å². The smallest absolute Gasteiger partial charge is 0.230 e. The Morgan fingerprint density at radius 2 is 1.87 bits per heavy atom. The third-order valence-electron chi connectivity index (χ3n) is 5.06. The van der Waals surface area contributed by atoms with E-state index in [1.807, 2.05) is 18.2 Å². The van der Waals surface area contributed by atoms with Crippen molar-refractivity contribution in [2.24, 2.45) is 0 Å². The summed E-state index contributed by atoms with van der Waals surface area (Å²) >= 11 is 2.32. The maximum atomic E-state index is 13.8. The number of rotatable bonds is 4. The molecule has 5 rings (SSSR count). The Morgan fingerprint density at radius 3 is 2.70 bits per heavy atom.